The van der Waals surface area contributed by atoms with Crippen LogP contribution in [-0.2, 0) is 6.61 Å². The minimum atomic E-state index is -0.462. The second-order valence-corrected chi connectivity index (χ2v) is 8.40. The zero-order valence-electron chi connectivity index (χ0n) is 17.4. The van der Waals surface area contributed by atoms with E-state index in [0.29, 0.717) is 39.1 Å². The van der Waals surface area contributed by atoms with Crippen LogP contribution in [0.15, 0.2) is 52.3 Å². The highest BCUT2D eigenvalue weighted by molar-refractivity contribution is 9.10. The topological polar surface area (TPSA) is 106 Å². The Kier molecular flexibility index (Phi) is 6.31. The number of nitriles is 1. The molecule has 0 radical (unpaired) electrons. The van der Waals surface area contributed by atoms with E-state index < -0.39 is 5.92 Å². The molecular formula is C23H20BrClN4O3. The molecule has 0 bridgehead atoms. The fourth-order valence-electron chi connectivity index (χ4n) is 3.65. The maximum atomic E-state index is 9.80. The first-order valence-corrected chi connectivity index (χ1v) is 11.1. The average molecular weight is 516 g/mol. The van der Waals surface area contributed by atoms with E-state index in [0.717, 1.165) is 22.4 Å². The maximum absolute atomic E-state index is 9.80. The Labute approximate surface area is 198 Å². The number of nitrogens with zero attached hydrogens (tertiary/aromatic N) is 2. The van der Waals surface area contributed by atoms with E-state index in [4.69, 9.17) is 31.5 Å². The van der Waals surface area contributed by atoms with Gasteiger partial charge < -0.3 is 19.9 Å². The summed E-state index contributed by atoms with van der Waals surface area (Å²) >= 11 is 9.87. The lowest BCUT2D eigenvalue weighted by Crippen LogP contribution is -2.21. The van der Waals surface area contributed by atoms with Gasteiger partial charge in [-0.15, -0.1) is 5.10 Å². The number of aromatic amines is 1. The first kappa shape index (κ1) is 22.1. The van der Waals surface area contributed by atoms with E-state index in [1.54, 1.807) is 0 Å². The van der Waals surface area contributed by atoms with Crippen molar-refractivity contribution >= 4 is 27.5 Å². The van der Waals surface area contributed by atoms with Crippen LogP contribution in [0.25, 0.3) is 0 Å². The van der Waals surface area contributed by atoms with Crippen molar-refractivity contribution in [3.63, 3.8) is 0 Å². The van der Waals surface area contributed by atoms with Crippen LogP contribution in [0.3, 0.4) is 0 Å². The lowest BCUT2D eigenvalue weighted by Gasteiger charge is -2.25. The van der Waals surface area contributed by atoms with Crippen molar-refractivity contribution in [2.45, 2.75) is 26.4 Å². The molecule has 32 heavy (non-hydrogen) atoms. The number of H-pyrrole nitrogens is 1. The quantitative estimate of drug-likeness (QED) is 0.460. The third-order valence-corrected chi connectivity index (χ3v) is 6.08. The third-order valence-electron chi connectivity index (χ3n) is 5.12. The van der Waals surface area contributed by atoms with Gasteiger partial charge in [0.05, 0.1) is 17.0 Å². The number of nitrogens with one attached hydrogen (secondary N) is 1. The van der Waals surface area contributed by atoms with Gasteiger partial charge in [0, 0.05) is 21.8 Å². The van der Waals surface area contributed by atoms with Gasteiger partial charge in [0.2, 0.25) is 11.8 Å². The average Bonchev–Trinajstić information content (AvgIpc) is 3.13. The molecule has 3 N–H and O–H groups in total. The molecule has 4 rings (SSSR count). The molecule has 0 fully saturated rings. The summed E-state index contributed by atoms with van der Waals surface area (Å²) < 4.78 is 18.2. The van der Waals surface area contributed by atoms with Crippen molar-refractivity contribution in [1.82, 2.24) is 10.2 Å². The van der Waals surface area contributed by atoms with E-state index in [9.17, 15) is 5.26 Å². The number of aromatic nitrogens is 2. The van der Waals surface area contributed by atoms with E-state index in [-0.39, 0.29) is 12.5 Å². The molecule has 3 aromatic rings. The molecular weight excluding hydrogens is 496 g/mol. The Bertz CT molecular complexity index is 1250. The summed E-state index contributed by atoms with van der Waals surface area (Å²) in [6.07, 6.45) is 0. The van der Waals surface area contributed by atoms with Gasteiger partial charge in [0.15, 0.2) is 11.5 Å². The molecule has 1 aliphatic heterocycles. The summed E-state index contributed by atoms with van der Waals surface area (Å²) in [6.45, 7) is 4.48. The van der Waals surface area contributed by atoms with Crippen molar-refractivity contribution in [2.75, 3.05) is 6.61 Å². The highest BCUT2D eigenvalue weighted by Gasteiger charge is 2.35. The predicted molar refractivity (Wildman–Crippen MR) is 124 cm³/mol. The van der Waals surface area contributed by atoms with E-state index in [1.165, 1.54) is 0 Å². The number of halogens is 2. The Morgan fingerprint density at radius 1 is 1.31 bits per heavy atom. The number of rotatable bonds is 6. The van der Waals surface area contributed by atoms with E-state index in [1.807, 2.05) is 50.2 Å². The van der Waals surface area contributed by atoms with Crippen molar-refractivity contribution in [3.8, 4) is 23.4 Å². The number of allylic oxidation sites excluding steroid dienone is 1. The normalized spacial score (nSPS) is 15.0. The molecule has 0 spiro atoms. The molecule has 2 heterocycles. The van der Waals surface area contributed by atoms with Gasteiger partial charge in [-0.2, -0.15) is 5.26 Å². The first-order valence-electron chi connectivity index (χ1n) is 9.89. The molecule has 7 nitrogen and oxygen atoms in total. The van der Waals surface area contributed by atoms with Gasteiger partial charge in [-0.1, -0.05) is 29.8 Å². The maximum Gasteiger partial charge on any atom is 0.244 e. The third kappa shape index (κ3) is 4.01. The number of fused-ring (bicyclic) bond motifs is 1. The van der Waals surface area contributed by atoms with Crippen LogP contribution in [0.5, 0.6) is 17.4 Å². The summed E-state index contributed by atoms with van der Waals surface area (Å²) in [5.74, 6) is 1.01. The predicted octanol–water partition coefficient (Wildman–Crippen LogP) is 5.33. The summed E-state index contributed by atoms with van der Waals surface area (Å²) in [7, 11) is 0. The lowest BCUT2D eigenvalue weighted by atomic mass is 9.84. The smallest absolute Gasteiger partial charge is 0.244 e. The standard InChI is InChI=1S/C23H20BrClN4O3/c1-3-30-18-9-14(8-16(24)21(18)31-11-13-6-4-5-7-17(13)25)20-15(10-26)22(27)32-23-19(20)12(2)28-29-23/h4-9,20H,3,11,27H2,1-2H3,(H,28,29)/t20-/m1/s1. The Morgan fingerprint density at radius 3 is 2.81 bits per heavy atom. The summed E-state index contributed by atoms with van der Waals surface area (Å²) in [6, 6.07) is 13.4. The van der Waals surface area contributed by atoms with Gasteiger partial charge in [-0.05, 0) is 53.5 Å². The molecule has 0 saturated heterocycles. The van der Waals surface area contributed by atoms with Gasteiger partial charge in [-0.25, -0.2) is 0 Å². The first-order chi connectivity index (χ1) is 15.4. The Hall–Kier alpha value is -3.15. The molecule has 0 aliphatic carbocycles. The van der Waals surface area contributed by atoms with Crippen LogP contribution in [0, 0.1) is 18.3 Å². The van der Waals surface area contributed by atoms with Crippen molar-refractivity contribution in [3.05, 3.63) is 79.7 Å². The molecule has 1 aromatic heterocycles. The minimum absolute atomic E-state index is 0.0321. The SMILES string of the molecule is CCOc1cc([C@@H]2C(C#N)=C(N)Oc3n[nH]c(C)c32)cc(Br)c1OCc1ccccc1Cl. The van der Waals surface area contributed by atoms with Crippen LogP contribution in [0.4, 0.5) is 0 Å². The van der Waals surface area contributed by atoms with Gasteiger partial charge in [0.1, 0.15) is 18.2 Å². The zero-order chi connectivity index (χ0) is 22.8. The van der Waals surface area contributed by atoms with Crippen LogP contribution >= 0.6 is 27.5 Å². The molecule has 0 amide bonds. The van der Waals surface area contributed by atoms with Crippen molar-refractivity contribution in [1.29, 1.82) is 5.26 Å². The van der Waals surface area contributed by atoms with E-state index in [2.05, 4.69) is 32.2 Å². The minimum Gasteiger partial charge on any atom is -0.490 e. The number of hydrogen-bond donors (Lipinski definition) is 2. The van der Waals surface area contributed by atoms with E-state index >= 15 is 0 Å². The van der Waals surface area contributed by atoms with Crippen molar-refractivity contribution in [2.24, 2.45) is 5.73 Å². The molecule has 0 saturated carbocycles. The number of nitrogens with two attached hydrogens (primary N) is 1. The second-order valence-electron chi connectivity index (χ2n) is 7.14. The molecule has 2 aromatic carbocycles. The fraction of sp³-hybridized carbons (Fsp3) is 0.217. The van der Waals surface area contributed by atoms with Gasteiger partial charge in [-0.3, -0.25) is 5.10 Å². The largest absolute Gasteiger partial charge is 0.490 e. The molecule has 0 unspecified atom stereocenters. The van der Waals surface area contributed by atoms with Crippen LogP contribution in [0.2, 0.25) is 5.02 Å². The van der Waals surface area contributed by atoms with Crippen LogP contribution in [0.1, 0.15) is 35.2 Å². The summed E-state index contributed by atoms with van der Waals surface area (Å²) in [5.41, 5.74) is 9.54. The second kappa shape index (κ2) is 9.15. The summed E-state index contributed by atoms with van der Waals surface area (Å²) in [5, 5.41) is 17.5. The van der Waals surface area contributed by atoms with Crippen LogP contribution in [-0.4, -0.2) is 16.8 Å². The monoisotopic (exact) mass is 514 g/mol. The Balaban J connectivity index is 1.77. The number of benzene rings is 2. The van der Waals surface area contributed by atoms with Crippen molar-refractivity contribution < 1.29 is 14.2 Å². The van der Waals surface area contributed by atoms with Gasteiger partial charge in [0.25, 0.3) is 0 Å². The van der Waals surface area contributed by atoms with Crippen LogP contribution < -0.4 is 19.9 Å². The molecule has 1 atom stereocenters. The zero-order valence-corrected chi connectivity index (χ0v) is 19.8. The summed E-state index contributed by atoms with van der Waals surface area (Å²) in [4.78, 5) is 0. The molecule has 9 heteroatoms. The highest BCUT2D eigenvalue weighted by Crippen LogP contribution is 2.46. The Morgan fingerprint density at radius 2 is 2.09 bits per heavy atom. The fourth-order valence-corrected chi connectivity index (χ4v) is 4.42. The molecule has 1 aliphatic rings. The highest BCUT2D eigenvalue weighted by atomic mass is 79.9. The molecule has 164 valence electrons. The number of hydrogen-bond acceptors (Lipinski definition) is 6. The number of ether oxygens (including phenoxy) is 3. The number of aryl methyl sites for hydroxylation is 1. The van der Waals surface area contributed by atoms with Gasteiger partial charge >= 0.3 is 0 Å². The lowest BCUT2D eigenvalue weighted by molar-refractivity contribution is 0.267.